The zero-order chi connectivity index (χ0) is 13.8. The maximum absolute atomic E-state index is 3.73. The van der Waals surface area contributed by atoms with Crippen molar-refractivity contribution in [2.24, 2.45) is 5.92 Å². The second-order valence-corrected chi connectivity index (χ2v) is 5.88. The molecule has 1 N–H and O–H groups in total. The number of benzene rings is 2. The lowest BCUT2D eigenvalue weighted by molar-refractivity contribution is 0.282. The molecule has 1 fully saturated rings. The molecule has 1 nitrogen and oxygen atoms in total. The Bertz CT molecular complexity index is 547. The van der Waals surface area contributed by atoms with Crippen molar-refractivity contribution in [3.05, 3.63) is 71.3 Å². The number of hydrogen-bond acceptors (Lipinski definition) is 1. The zero-order valence-corrected chi connectivity index (χ0v) is 12.2. The maximum Gasteiger partial charge on any atom is 0.0351 e. The van der Waals surface area contributed by atoms with Crippen LogP contribution in [0.5, 0.6) is 0 Å². The van der Waals surface area contributed by atoms with E-state index < -0.39 is 0 Å². The topological polar surface area (TPSA) is 12.0 Å². The van der Waals surface area contributed by atoms with Crippen LogP contribution in [0.15, 0.2) is 54.6 Å². The number of hydrogen-bond donors (Lipinski definition) is 1. The van der Waals surface area contributed by atoms with Crippen molar-refractivity contribution in [1.82, 2.24) is 5.32 Å². The zero-order valence-electron chi connectivity index (χ0n) is 12.2. The van der Waals surface area contributed by atoms with E-state index in [2.05, 4.69) is 66.8 Å². The highest BCUT2D eigenvalue weighted by molar-refractivity contribution is 5.27. The van der Waals surface area contributed by atoms with E-state index in [4.69, 9.17) is 0 Å². The molecule has 20 heavy (non-hydrogen) atoms. The number of aryl methyl sites for hydroxylation is 1. The molecule has 0 unspecified atom stereocenters. The van der Waals surface area contributed by atoms with Gasteiger partial charge in [-0.1, -0.05) is 54.6 Å². The number of piperidine rings is 1. The van der Waals surface area contributed by atoms with Gasteiger partial charge in [-0.25, -0.2) is 0 Å². The van der Waals surface area contributed by atoms with Crippen LogP contribution in [0.2, 0.25) is 0 Å². The lowest BCUT2D eigenvalue weighted by Crippen LogP contribution is -2.35. The fourth-order valence-electron chi connectivity index (χ4n) is 3.35. The average Bonchev–Trinajstić information content (AvgIpc) is 2.51. The van der Waals surface area contributed by atoms with Crippen LogP contribution in [0.3, 0.4) is 0 Å². The van der Waals surface area contributed by atoms with Gasteiger partial charge in [-0.05, 0) is 55.3 Å². The van der Waals surface area contributed by atoms with Crippen molar-refractivity contribution in [2.45, 2.75) is 32.2 Å². The minimum Gasteiger partial charge on any atom is -0.310 e. The third-order valence-corrected chi connectivity index (χ3v) is 4.49. The molecule has 1 heteroatoms. The molecule has 2 atom stereocenters. The second-order valence-electron chi connectivity index (χ2n) is 5.88. The van der Waals surface area contributed by atoms with Gasteiger partial charge in [-0.2, -0.15) is 0 Å². The smallest absolute Gasteiger partial charge is 0.0351 e. The van der Waals surface area contributed by atoms with E-state index in [9.17, 15) is 0 Å². The van der Waals surface area contributed by atoms with E-state index in [1.165, 1.54) is 36.0 Å². The SMILES string of the molecule is Cc1ccccc1C[C@H]1CCCN[C@@H]1c1ccccc1. The van der Waals surface area contributed by atoms with Crippen LogP contribution < -0.4 is 5.32 Å². The summed E-state index contributed by atoms with van der Waals surface area (Å²) in [6.45, 7) is 3.37. The summed E-state index contributed by atoms with van der Waals surface area (Å²) in [5.74, 6) is 0.701. The highest BCUT2D eigenvalue weighted by atomic mass is 14.9. The van der Waals surface area contributed by atoms with E-state index in [0.29, 0.717) is 12.0 Å². The minimum atomic E-state index is 0.504. The first-order chi connectivity index (χ1) is 9.84. The lowest BCUT2D eigenvalue weighted by Gasteiger charge is -2.33. The lowest BCUT2D eigenvalue weighted by atomic mass is 9.81. The molecule has 0 aliphatic carbocycles. The maximum atomic E-state index is 3.73. The summed E-state index contributed by atoms with van der Waals surface area (Å²) in [7, 11) is 0. The van der Waals surface area contributed by atoms with Crippen molar-refractivity contribution < 1.29 is 0 Å². The predicted molar refractivity (Wildman–Crippen MR) is 84.8 cm³/mol. The van der Waals surface area contributed by atoms with E-state index in [-0.39, 0.29) is 0 Å². The molecular formula is C19H23N. The summed E-state index contributed by atoms with van der Waals surface area (Å²) in [6, 6.07) is 20.2. The molecule has 3 rings (SSSR count). The molecule has 1 aliphatic rings. The van der Waals surface area contributed by atoms with Gasteiger partial charge in [0.15, 0.2) is 0 Å². The van der Waals surface area contributed by atoms with Crippen LogP contribution in [-0.4, -0.2) is 6.54 Å². The standard InChI is InChI=1S/C19H23N/c1-15-8-5-6-11-17(15)14-18-12-7-13-20-19(18)16-9-3-2-4-10-16/h2-6,8-11,18-20H,7,12-14H2,1H3/t18-,19-/m1/s1. The third-order valence-electron chi connectivity index (χ3n) is 4.49. The largest absolute Gasteiger partial charge is 0.310 e. The van der Waals surface area contributed by atoms with Crippen molar-refractivity contribution in [2.75, 3.05) is 6.54 Å². The molecule has 2 aromatic carbocycles. The molecule has 2 aromatic rings. The quantitative estimate of drug-likeness (QED) is 0.873. The van der Waals surface area contributed by atoms with Crippen LogP contribution in [0.1, 0.15) is 35.6 Å². The number of nitrogens with one attached hydrogen (secondary N) is 1. The monoisotopic (exact) mass is 265 g/mol. The summed E-state index contributed by atoms with van der Waals surface area (Å²) < 4.78 is 0. The fraction of sp³-hybridized carbons (Fsp3) is 0.368. The van der Waals surface area contributed by atoms with Gasteiger partial charge in [-0.3, -0.25) is 0 Å². The van der Waals surface area contributed by atoms with Gasteiger partial charge in [0.25, 0.3) is 0 Å². The molecule has 0 radical (unpaired) electrons. The predicted octanol–water partition coefficient (Wildman–Crippen LogP) is 4.28. The molecule has 0 aromatic heterocycles. The first-order valence-corrected chi connectivity index (χ1v) is 7.67. The molecule has 1 saturated heterocycles. The van der Waals surface area contributed by atoms with Crippen LogP contribution in [0.25, 0.3) is 0 Å². The summed E-state index contributed by atoms with van der Waals surface area (Å²) in [6.07, 6.45) is 3.79. The van der Waals surface area contributed by atoms with Crippen molar-refractivity contribution in [1.29, 1.82) is 0 Å². The molecule has 0 saturated carbocycles. The summed E-state index contributed by atoms with van der Waals surface area (Å²) in [4.78, 5) is 0. The Balaban J connectivity index is 1.81. The van der Waals surface area contributed by atoms with Gasteiger partial charge in [0.2, 0.25) is 0 Å². The van der Waals surface area contributed by atoms with E-state index in [1.54, 1.807) is 0 Å². The Labute approximate surface area is 122 Å². The van der Waals surface area contributed by atoms with Gasteiger partial charge in [0, 0.05) is 6.04 Å². The van der Waals surface area contributed by atoms with Gasteiger partial charge in [0.05, 0.1) is 0 Å². The summed E-state index contributed by atoms with van der Waals surface area (Å²) in [5.41, 5.74) is 4.36. The molecule has 0 bridgehead atoms. The van der Waals surface area contributed by atoms with Crippen LogP contribution >= 0.6 is 0 Å². The van der Waals surface area contributed by atoms with E-state index in [1.807, 2.05) is 0 Å². The molecule has 1 heterocycles. The van der Waals surface area contributed by atoms with Gasteiger partial charge in [0.1, 0.15) is 0 Å². The molecule has 1 aliphatic heterocycles. The third kappa shape index (κ3) is 2.94. The van der Waals surface area contributed by atoms with Crippen molar-refractivity contribution >= 4 is 0 Å². The fourth-order valence-corrected chi connectivity index (χ4v) is 3.35. The molecule has 0 amide bonds. The Morgan fingerprint density at radius 1 is 1.00 bits per heavy atom. The molecular weight excluding hydrogens is 242 g/mol. The average molecular weight is 265 g/mol. The normalized spacial score (nSPS) is 22.6. The highest BCUT2D eigenvalue weighted by Gasteiger charge is 2.26. The number of rotatable bonds is 3. The van der Waals surface area contributed by atoms with E-state index in [0.717, 1.165) is 6.54 Å². The molecule has 0 spiro atoms. The second kappa shape index (κ2) is 6.23. The highest BCUT2D eigenvalue weighted by Crippen LogP contribution is 2.32. The van der Waals surface area contributed by atoms with Crippen molar-refractivity contribution in [3.63, 3.8) is 0 Å². The van der Waals surface area contributed by atoms with Crippen LogP contribution in [0.4, 0.5) is 0 Å². The Morgan fingerprint density at radius 2 is 1.75 bits per heavy atom. The minimum absolute atomic E-state index is 0.504. The van der Waals surface area contributed by atoms with Gasteiger partial charge >= 0.3 is 0 Å². The molecule has 104 valence electrons. The summed E-state index contributed by atoms with van der Waals surface area (Å²) >= 11 is 0. The van der Waals surface area contributed by atoms with Crippen molar-refractivity contribution in [3.8, 4) is 0 Å². The first kappa shape index (κ1) is 13.4. The van der Waals surface area contributed by atoms with Gasteiger partial charge < -0.3 is 5.32 Å². The summed E-state index contributed by atoms with van der Waals surface area (Å²) in [5, 5.41) is 3.73. The first-order valence-electron chi connectivity index (χ1n) is 7.67. The van der Waals surface area contributed by atoms with Crippen LogP contribution in [-0.2, 0) is 6.42 Å². The Kier molecular flexibility index (Phi) is 4.17. The Hall–Kier alpha value is -1.60. The van der Waals surface area contributed by atoms with E-state index >= 15 is 0 Å². The van der Waals surface area contributed by atoms with Crippen LogP contribution in [0, 0.1) is 12.8 Å². The Morgan fingerprint density at radius 3 is 2.55 bits per heavy atom. The van der Waals surface area contributed by atoms with Gasteiger partial charge in [-0.15, -0.1) is 0 Å².